The lowest BCUT2D eigenvalue weighted by molar-refractivity contribution is 0.0677. The van der Waals surface area contributed by atoms with E-state index >= 15 is 0 Å². The number of aryl methyl sites for hydroxylation is 2. The third kappa shape index (κ3) is 4.33. The fourth-order valence-corrected chi connectivity index (χ4v) is 4.92. The number of aromatic nitrogens is 2. The molecule has 7 nitrogen and oxygen atoms in total. The maximum atomic E-state index is 13.5. The van der Waals surface area contributed by atoms with E-state index in [0.29, 0.717) is 42.5 Å². The van der Waals surface area contributed by atoms with E-state index in [1.54, 1.807) is 18.1 Å². The Morgan fingerprint density at radius 1 is 1.06 bits per heavy atom. The molecule has 1 atom stereocenters. The molecule has 5 rings (SSSR count). The van der Waals surface area contributed by atoms with Crippen molar-refractivity contribution in [3.05, 3.63) is 100 Å². The molecule has 1 aliphatic rings. The molecule has 0 bridgehead atoms. The maximum Gasteiger partial charge on any atom is 0.273 e. The number of aromatic hydroxyl groups is 1. The number of nitrogens with one attached hydrogen (secondary N) is 1. The molecule has 0 saturated carbocycles. The first-order valence-corrected chi connectivity index (χ1v) is 11.9. The molecule has 184 valence electrons. The number of rotatable bonds is 8. The van der Waals surface area contributed by atoms with Gasteiger partial charge in [-0.05, 0) is 54.3 Å². The Morgan fingerprint density at radius 2 is 1.86 bits per heavy atom. The van der Waals surface area contributed by atoms with Crippen LogP contribution in [0.1, 0.15) is 44.3 Å². The molecule has 0 radical (unpaired) electrons. The Labute approximate surface area is 210 Å². The minimum absolute atomic E-state index is 0.142. The number of ether oxygens (including phenoxy) is 2. The predicted octanol–water partition coefficient (Wildman–Crippen LogP) is 5.17. The Morgan fingerprint density at radius 3 is 2.61 bits per heavy atom. The van der Waals surface area contributed by atoms with E-state index in [1.165, 1.54) is 0 Å². The van der Waals surface area contributed by atoms with E-state index in [9.17, 15) is 9.90 Å². The van der Waals surface area contributed by atoms with Crippen molar-refractivity contribution in [2.45, 2.75) is 26.5 Å². The number of amides is 1. The smallest absolute Gasteiger partial charge is 0.273 e. The van der Waals surface area contributed by atoms with Crippen LogP contribution in [0.25, 0.3) is 11.3 Å². The SMILES string of the molecule is COCCN1C(=O)c2[nH]nc(-c3c(C)cc(C)cc3O)c2C1c1cccc(OCc2ccccc2)c1. The van der Waals surface area contributed by atoms with Gasteiger partial charge < -0.3 is 19.5 Å². The fourth-order valence-electron chi connectivity index (χ4n) is 4.92. The van der Waals surface area contributed by atoms with E-state index in [0.717, 1.165) is 27.8 Å². The van der Waals surface area contributed by atoms with Gasteiger partial charge in [-0.1, -0.05) is 48.5 Å². The number of fused-ring (bicyclic) bond motifs is 1. The van der Waals surface area contributed by atoms with Crippen molar-refractivity contribution in [3.63, 3.8) is 0 Å². The van der Waals surface area contributed by atoms with Crippen molar-refractivity contribution in [3.8, 4) is 22.8 Å². The van der Waals surface area contributed by atoms with E-state index in [-0.39, 0.29) is 11.7 Å². The Balaban J connectivity index is 1.57. The molecule has 1 aromatic heterocycles. The summed E-state index contributed by atoms with van der Waals surface area (Å²) < 4.78 is 11.4. The Bertz CT molecular complexity index is 1370. The summed E-state index contributed by atoms with van der Waals surface area (Å²) in [6.07, 6.45) is 0. The highest BCUT2D eigenvalue weighted by atomic mass is 16.5. The van der Waals surface area contributed by atoms with Crippen LogP contribution in [-0.4, -0.2) is 46.4 Å². The van der Waals surface area contributed by atoms with Gasteiger partial charge in [-0.2, -0.15) is 5.10 Å². The molecule has 1 amide bonds. The van der Waals surface area contributed by atoms with E-state index < -0.39 is 6.04 Å². The van der Waals surface area contributed by atoms with Gasteiger partial charge in [0.1, 0.15) is 29.5 Å². The Kier molecular flexibility index (Phi) is 6.48. The van der Waals surface area contributed by atoms with Gasteiger partial charge in [-0.15, -0.1) is 0 Å². The third-order valence-corrected chi connectivity index (χ3v) is 6.52. The van der Waals surface area contributed by atoms with Crippen molar-refractivity contribution >= 4 is 5.91 Å². The standard InChI is InChI=1S/C29H29N3O4/c1-18-14-19(2)24(23(33)15-18)26-25-27(31-30-26)29(34)32(12-13-35-3)28(25)21-10-7-11-22(16-21)36-17-20-8-5-4-6-9-20/h4-11,14-16,28,33H,12-13,17H2,1-3H3,(H,30,31). The minimum Gasteiger partial charge on any atom is -0.507 e. The van der Waals surface area contributed by atoms with Crippen LogP contribution < -0.4 is 4.74 Å². The van der Waals surface area contributed by atoms with Gasteiger partial charge in [0, 0.05) is 24.8 Å². The average Bonchev–Trinajstić information content (AvgIpc) is 3.40. The fraction of sp³-hybridized carbons (Fsp3) is 0.241. The van der Waals surface area contributed by atoms with Crippen molar-refractivity contribution < 1.29 is 19.4 Å². The molecule has 1 aliphatic heterocycles. The molecular formula is C29H29N3O4. The third-order valence-electron chi connectivity index (χ3n) is 6.52. The van der Waals surface area contributed by atoms with Crippen molar-refractivity contribution in [2.24, 2.45) is 0 Å². The number of carbonyl (C=O) groups excluding carboxylic acids is 1. The number of hydrogen-bond donors (Lipinski definition) is 2. The number of phenols is 1. The molecule has 4 aromatic rings. The monoisotopic (exact) mass is 483 g/mol. The summed E-state index contributed by atoms with van der Waals surface area (Å²) in [7, 11) is 1.62. The number of methoxy groups -OCH3 is 1. The highest BCUT2D eigenvalue weighted by Gasteiger charge is 2.42. The average molecular weight is 484 g/mol. The molecule has 0 saturated heterocycles. The number of nitrogens with zero attached hydrogens (tertiary/aromatic N) is 2. The summed E-state index contributed by atoms with van der Waals surface area (Å²) in [5.41, 5.74) is 6.21. The summed E-state index contributed by atoms with van der Waals surface area (Å²) >= 11 is 0. The lowest BCUT2D eigenvalue weighted by Crippen LogP contribution is -2.32. The normalized spacial score (nSPS) is 14.8. The summed E-state index contributed by atoms with van der Waals surface area (Å²) in [6, 6.07) is 21.1. The quantitative estimate of drug-likeness (QED) is 0.361. The molecule has 0 spiro atoms. The number of phenolic OH excluding ortho intramolecular Hbond substituents is 1. The maximum absolute atomic E-state index is 13.5. The second kappa shape index (κ2) is 9.87. The molecule has 2 N–H and O–H groups in total. The van der Waals surface area contributed by atoms with Gasteiger partial charge >= 0.3 is 0 Å². The van der Waals surface area contributed by atoms with Crippen LogP contribution in [0, 0.1) is 13.8 Å². The molecule has 0 fully saturated rings. The molecule has 3 aromatic carbocycles. The lowest BCUT2D eigenvalue weighted by atomic mass is 9.93. The summed E-state index contributed by atoms with van der Waals surface area (Å²) in [5, 5.41) is 18.3. The number of carbonyl (C=O) groups is 1. The van der Waals surface area contributed by atoms with Crippen LogP contribution in [0.2, 0.25) is 0 Å². The van der Waals surface area contributed by atoms with Crippen LogP contribution in [0.5, 0.6) is 11.5 Å². The highest BCUT2D eigenvalue weighted by molar-refractivity contribution is 6.00. The molecule has 1 unspecified atom stereocenters. The first-order chi connectivity index (χ1) is 17.5. The minimum atomic E-state index is -0.406. The first kappa shape index (κ1) is 23.6. The van der Waals surface area contributed by atoms with Gasteiger partial charge in [0.05, 0.1) is 12.6 Å². The largest absolute Gasteiger partial charge is 0.507 e. The molecule has 2 heterocycles. The zero-order chi connectivity index (χ0) is 25.2. The number of hydrogen-bond acceptors (Lipinski definition) is 5. The van der Waals surface area contributed by atoms with Gasteiger partial charge in [0.2, 0.25) is 0 Å². The van der Waals surface area contributed by atoms with Crippen LogP contribution in [0.4, 0.5) is 0 Å². The molecule has 7 heteroatoms. The van der Waals surface area contributed by atoms with Gasteiger partial charge in [-0.25, -0.2) is 0 Å². The van der Waals surface area contributed by atoms with Crippen molar-refractivity contribution in [1.29, 1.82) is 0 Å². The summed E-state index contributed by atoms with van der Waals surface area (Å²) in [4.78, 5) is 15.2. The van der Waals surface area contributed by atoms with Gasteiger partial charge in [-0.3, -0.25) is 9.89 Å². The van der Waals surface area contributed by atoms with Crippen LogP contribution in [0.3, 0.4) is 0 Å². The number of aromatic amines is 1. The van der Waals surface area contributed by atoms with E-state index in [2.05, 4.69) is 10.2 Å². The zero-order valence-electron chi connectivity index (χ0n) is 20.6. The van der Waals surface area contributed by atoms with E-state index in [4.69, 9.17) is 9.47 Å². The lowest BCUT2D eigenvalue weighted by Gasteiger charge is -2.26. The highest BCUT2D eigenvalue weighted by Crippen LogP contribution is 2.45. The molecule has 36 heavy (non-hydrogen) atoms. The molecular weight excluding hydrogens is 454 g/mol. The van der Waals surface area contributed by atoms with Crippen molar-refractivity contribution in [1.82, 2.24) is 15.1 Å². The van der Waals surface area contributed by atoms with E-state index in [1.807, 2.05) is 74.5 Å². The van der Waals surface area contributed by atoms with Crippen LogP contribution >= 0.6 is 0 Å². The second-order valence-corrected chi connectivity index (χ2v) is 9.08. The van der Waals surface area contributed by atoms with Gasteiger partial charge in [0.25, 0.3) is 5.91 Å². The predicted molar refractivity (Wildman–Crippen MR) is 137 cm³/mol. The summed E-state index contributed by atoms with van der Waals surface area (Å²) in [6.45, 7) is 5.13. The Hall–Kier alpha value is -4.10. The van der Waals surface area contributed by atoms with Crippen LogP contribution in [0.15, 0.2) is 66.7 Å². The molecule has 0 aliphatic carbocycles. The van der Waals surface area contributed by atoms with Gasteiger partial charge in [0.15, 0.2) is 0 Å². The number of benzene rings is 3. The first-order valence-electron chi connectivity index (χ1n) is 11.9. The number of H-pyrrole nitrogens is 1. The zero-order valence-corrected chi connectivity index (χ0v) is 20.6. The van der Waals surface area contributed by atoms with Crippen LogP contribution in [-0.2, 0) is 11.3 Å². The van der Waals surface area contributed by atoms with Crippen molar-refractivity contribution in [2.75, 3.05) is 20.3 Å². The topological polar surface area (TPSA) is 87.7 Å². The summed E-state index contributed by atoms with van der Waals surface area (Å²) in [5.74, 6) is 0.706. The second-order valence-electron chi connectivity index (χ2n) is 9.08.